The van der Waals surface area contributed by atoms with E-state index in [4.69, 9.17) is 23.2 Å². The van der Waals surface area contributed by atoms with E-state index in [1.807, 2.05) is 24.7 Å². The molecule has 5 heteroatoms. The highest BCUT2D eigenvalue weighted by Gasteiger charge is 2.06. The van der Waals surface area contributed by atoms with Gasteiger partial charge in [0, 0.05) is 25.5 Å². The molecule has 1 aromatic carbocycles. The van der Waals surface area contributed by atoms with Crippen molar-refractivity contribution in [3.63, 3.8) is 0 Å². The standard InChI is InChI=1S/C14H17Cl2N3/c1-11(9-19-6-5-17-10-19)7-18-8-12-3-2-4-13(15)14(12)16/h2-6,10-11,18H,7-9H2,1H3. The molecule has 0 aliphatic rings. The van der Waals surface area contributed by atoms with E-state index in [1.54, 1.807) is 12.3 Å². The van der Waals surface area contributed by atoms with E-state index in [1.165, 1.54) is 0 Å². The van der Waals surface area contributed by atoms with Gasteiger partial charge in [-0.2, -0.15) is 0 Å². The molecule has 2 rings (SSSR count). The van der Waals surface area contributed by atoms with Gasteiger partial charge >= 0.3 is 0 Å². The maximum absolute atomic E-state index is 6.14. The fraction of sp³-hybridized carbons (Fsp3) is 0.357. The Hall–Kier alpha value is -1.03. The summed E-state index contributed by atoms with van der Waals surface area (Å²) in [4.78, 5) is 4.03. The number of nitrogens with one attached hydrogen (secondary N) is 1. The van der Waals surface area contributed by atoms with Crippen LogP contribution in [0.25, 0.3) is 0 Å². The average Bonchev–Trinajstić information content (AvgIpc) is 2.87. The zero-order chi connectivity index (χ0) is 13.7. The number of nitrogens with zero attached hydrogens (tertiary/aromatic N) is 2. The zero-order valence-corrected chi connectivity index (χ0v) is 12.3. The van der Waals surface area contributed by atoms with Crippen LogP contribution in [-0.2, 0) is 13.1 Å². The van der Waals surface area contributed by atoms with Crippen molar-refractivity contribution < 1.29 is 0 Å². The molecule has 1 N–H and O–H groups in total. The number of benzene rings is 1. The Balaban J connectivity index is 1.78. The fourth-order valence-electron chi connectivity index (χ4n) is 1.96. The van der Waals surface area contributed by atoms with Crippen LogP contribution in [0.4, 0.5) is 0 Å². The van der Waals surface area contributed by atoms with Crippen molar-refractivity contribution in [2.24, 2.45) is 5.92 Å². The Kier molecular flexibility index (Phi) is 5.25. The number of hydrogen-bond acceptors (Lipinski definition) is 2. The fourth-order valence-corrected chi connectivity index (χ4v) is 2.34. The summed E-state index contributed by atoms with van der Waals surface area (Å²) >= 11 is 12.1. The van der Waals surface area contributed by atoms with Crippen molar-refractivity contribution in [3.05, 3.63) is 52.5 Å². The molecule has 3 nitrogen and oxygen atoms in total. The SMILES string of the molecule is CC(CNCc1cccc(Cl)c1Cl)Cn1ccnc1. The smallest absolute Gasteiger partial charge is 0.0946 e. The summed E-state index contributed by atoms with van der Waals surface area (Å²) in [6.07, 6.45) is 5.61. The van der Waals surface area contributed by atoms with Crippen LogP contribution in [0.1, 0.15) is 12.5 Å². The summed E-state index contributed by atoms with van der Waals surface area (Å²) in [6.45, 7) is 4.80. The molecule has 0 saturated heterocycles. The summed E-state index contributed by atoms with van der Waals surface area (Å²) in [7, 11) is 0. The first-order chi connectivity index (χ1) is 9.16. The molecule has 0 bridgehead atoms. The van der Waals surface area contributed by atoms with E-state index in [0.29, 0.717) is 16.0 Å². The molecule has 0 saturated carbocycles. The number of aromatic nitrogens is 2. The first kappa shape index (κ1) is 14.4. The molecule has 102 valence electrons. The highest BCUT2D eigenvalue weighted by Crippen LogP contribution is 2.25. The van der Waals surface area contributed by atoms with E-state index < -0.39 is 0 Å². The van der Waals surface area contributed by atoms with Gasteiger partial charge in [-0.05, 0) is 24.1 Å². The summed E-state index contributed by atoms with van der Waals surface area (Å²) in [5, 5.41) is 4.65. The van der Waals surface area contributed by atoms with Gasteiger partial charge in [0.05, 0.1) is 16.4 Å². The molecule has 0 aliphatic heterocycles. The predicted molar refractivity (Wildman–Crippen MR) is 79.6 cm³/mol. The molecule has 0 amide bonds. The number of hydrogen-bond donors (Lipinski definition) is 1. The molecular formula is C14H17Cl2N3. The highest BCUT2D eigenvalue weighted by molar-refractivity contribution is 6.42. The molecule has 0 radical (unpaired) electrons. The molecule has 1 unspecified atom stereocenters. The Morgan fingerprint density at radius 3 is 2.95 bits per heavy atom. The molecule has 1 atom stereocenters. The van der Waals surface area contributed by atoms with Gasteiger partial charge in [0.1, 0.15) is 0 Å². The largest absolute Gasteiger partial charge is 0.337 e. The van der Waals surface area contributed by atoms with Gasteiger partial charge in [0.15, 0.2) is 0 Å². The van der Waals surface area contributed by atoms with Crippen molar-refractivity contribution in [1.29, 1.82) is 0 Å². The van der Waals surface area contributed by atoms with Crippen molar-refractivity contribution in [2.75, 3.05) is 6.54 Å². The lowest BCUT2D eigenvalue weighted by Gasteiger charge is -2.14. The average molecular weight is 298 g/mol. The lowest BCUT2D eigenvalue weighted by atomic mass is 10.1. The van der Waals surface area contributed by atoms with E-state index in [-0.39, 0.29) is 0 Å². The van der Waals surface area contributed by atoms with Crippen LogP contribution < -0.4 is 5.32 Å². The van der Waals surface area contributed by atoms with Gasteiger partial charge in [-0.3, -0.25) is 0 Å². The minimum atomic E-state index is 0.521. The zero-order valence-electron chi connectivity index (χ0n) is 10.8. The van der Waals surface area contributed by atoms with Crippen molar-refractivity contribution in [3.8, 4) is 0 Å². The molecule has 0 spiro atoms. The third kappa shape index (κ3) is 4.23. The number of imidazole rings is 1. The molecule has 1 aromatic heterocycles. The molecule has 2 aromatic rings. The maximum Gasteiger partial charge on any atom is 0.0946 e. The normalized spacial score (nSPS) is 12.6. The first-order valence-electron chi connectivity index (χ1n) is 6.26. The van der Waals surface area contributed by atoms with Crippen LogP contribution in [0, 0.1) is 5.92 Å². The highest BCUT2D eigenvalue weighted by atomic mass is 35.5. The second-order valence-electron chi connectivity index (χ2n) is 4.71. The number of rotatable bonds is 6. The van der Waals surface area contributed by atoms with Crippen LogP contribution in [0.3, 0.4) is 0 Å². The van der Waals surface area contributed by atoms with Crippen molar-refractivity contribution >= 4 is 23.2 Å². The summed E-state index contributed by atoms with van der Waals surface area (Å²) in [5.41, 5.74) is 1.03. The van der Waals surface area contributed by atoms with E-state index >= 15 is 0 Å². The summed E-state index contributed by atoms with van der Waals surface area (Å²) in [5.74, 6) is 0.521. The van der Waals surface area contributed by atoms with Crippen LogP contribution in [0.5, 0.6) is 0 Å². The second-order valence-corrected chi connectivity index (χ2v) is 5.49. The molecule has 1 heterocycles. The van der Waals surface area contributed by atoms with Gasteiger partial charge in [0.2, 0.25) is 0 Å². The number of halogens is 2. The Morgan fingerprint density at radius 1 is 1.37 bits per heavy atom. The third-order valence-corrected chi connectivity index (χ3v) is 3.78. The van der Waals surface area contributed by atoms with Crippen LogP contribution in [-0.4, -0.2) is 16.1 Å². The first-order valence-corrected chi connectivity index (χ1v) is 7.01. The monoisotopic (exact) mass is 297 g/mol. The Morgan fingerprint density at radius 2 is 2.21 bits per heavy atom. The van der Waals surface area contributed by atoms with E-state index in [0.717, 1.165) is 25.2 Å². The van der Waals surface area contributed by atoms with E-state index in [9.17, 15) is 0 Å². The minimum absolute atomic E-state index is 0.521. The van der Waals surface area contributed by atoms with Gasteiger partial charge in [-0.25, -0.2) is 4.98 Å². The van der Waals surface area contributed by atoms with Crippen molar-refractivity contribution in [1.82, 2.24) is 14.9 Å². The Bertz CT molecular complexity index is 511. The quantitative estimate of drug-likeness (QED) is 0.883. The second kappa shape index (κ2) is 6.94. The van der Waals surface area contributed by atoms with Crippen LogP contribution in [0.2, 0.25) is 10.0 Å². The van der Waals surface area contributed by atoms with E-state index in [2.05, 4.69) is 21.8 Å². The van der Waals surface area contributed by atoms with Gasteiger partial charge < -0.3 is 9.88 Å². The topological polar surface area (TPSA) is 29.9 Å². The predicted octanol–water partition coefficient (Wildman–Crippen LogP) is 3.62. The molecular weight excluding hydrogens is 281 g/mol. The minimum Gasteiger partial charge on any atom is -0.337 e. The third-order valence-electron chi connectivity index (χ3n) is 2.92. The molecule has 19 heavy (non-hydrogen) atoms. The summed E-state index contributed by atoms with van der Waals surface area (Å²) < 4.78 is 2.08. The van der Waals surface area contributed by atoms with Crippen LogP contribution in [0.15, 0.2) is 36.9 Å². The maximum atomic E-state index is 6.14. The van der Waals surface area contributed by atoms with Crippen molar-refractivity contribution in [2.45, 2.75) is 20.0 Å². The molecule has 0 aliphatic carbocycles. The lowest BCUT2D eigenvalue weighted by Crippen LogP contribution is -2.23. The van der Waals surface area contributed by atoms with Gasteiger partial charge in [0.25, 0.3) is 0 Å². The van der Waals surface area contributed by atoms with Gasteiger partial charge in [-0.15, -0.1) is 0 Å². The summed E-state index contributed by atoms with van der Waals surface area (Å²) in [6, 6.07) is 5.71. The molecule has 0 fully saturated rings. The van der Waals surface area contributed by atoms with Gasteiger partial charge in [-0.1, -0.05) is 42.3 Å². The van der Waals surface area contributed by atoms with Crippen LogP contribution >= 0.6 is 23.2 Å². The Labute approximate surface area is 123 Å². The lowest BCUT2D eigenvalue weighted by molar-refractivity contribution is 0.445.